The van der Waals surface area contributed by atoms with Crippen molar-refractivity contribution >= 4 is 62.3 Å². The summed E-state index contributed by atoms with van der Waals surface area (Å²) in [6, 6.07) is 60.7. The van der Waals surface area contributed by atoms with Crippen LogP contribution in [0, 0.1) is 29.3 Å². The normalized spacial score (nSPS) is 11.5. The Balaban J connectivity index is 0.000000278. The van der Waals surface area contributed by atoms with Crippen LogP contribution in [0.15, 0.2) is 158 Å². The van der Waals surface area contributed by atoms with Gasteiger partial charge < -0.3 is 4.98 Å². The van der Waals surface area contributed by atoms with Crippen LogP contribution in [0.25, 0.3) is 79.2 Å². The third kappa shape index (κ3) is 9.43. The average Bonchev–Trinajstić information content (AvgIpc) is 3.90. The Kier molecular flexibility index (Phi) is 13.9. The van der Waals surface area contributed by atoms with Crippen LogP contribution >= 0.6 is 0 Å². The minimum atomic E-state index is -1.30. The zero-order chi connectivity index (χ0) is 45.4. The van der Waals surface area contributed by atoms with Gasteiger partial charge in [-0.25, -0.2) is 0 Å². The van der Waals surface area contributed by atoms with E-state index in [0.717, 1.165) is 39.2 Å². The van der Waals surface area contributed by atoms with Gasteiger partial charge in [0.05, 0.1) is 8.07 Å². The van der Waals surface area contributed by atoms with Crippen molar-refractivity contribution in [2.45, 2.75) is 59.2 Å². The molecule has 0 aliphatic heterocycles. The first kappa shape index (κ1) is 46.8. The number of aromatic nitrogens is 3. The van der Waals surface area contributed by atoms with Gasteiger partial charge in [0.1, 0.15) is 0 Å². The smallest absolute Gasteiger partial charge is 0.0795 e. The number of fused-ring (bicyclic) bond motifs is 4. The fourth-order valence-electron chi connectivity index (χ4n) is 8.43. The molecule has 0 unspecified atom stereocenters. The molecule has 0 N–H and O–H groups in total. The predicted octanol–water partition coefficient (Wildman–Crippen LogP) is 14.5. The maximum atomic E-state index is 12.8. The minimum absolute atomic E-state index is 0. The van der Waals surface area contributed by atoms with Crippen LogP contribution in [-0.4, -0.2) is 43.0 Å². The van der Waals surface area contributed by atoms with Gasteiger partial charge in [-0.05, 0) is 16.4 Å². The van der Waals surface area contributed by atoms with Crippen molar-refractivity contribution in [3.05, 3.63) is 192 Å². The molecule has 4 nitrogen and oxygen atoms in total. The number of benzene rings is 7. The van der Waals surface area contributed by atoms with Crippen LogP contribution < -0.4 is 5.19 Å². The second kappa shape index (κ2) is 19.6. The Morgan fingerprint density at radius 1 is 0.697 bits per heavy atom. The molecule has 1 radical (unpaired) electrons. The van der Waals surface area contributed by atoms with Crippen LogP contribution in [0.2, 0.25) is 19.6 Å². The van der Waals surface area contributed by atoms with E-state index in [0.29, 0.717) is 0 Å². The van der Waals surface area contributed by atoms with Crippen molar-refractivity contribution < 1.29 is 24.5 Å². The van der Waals surface area contributed by atoms with E-state index >= 15 is 0 Å². The number of rotatable bonds is 8. The standard InChI is InChI=1S/C44H34N3Te.C14H15FNSi.Ir/c1-27(2)37-24-33(32-20-18-31(19-21-32)30-11-6-5-7-12-30)25-38(28(3)4)42(37)47-40-16-9-8-15-39(40)46-44(47)36-14-10-13-35-34-22-17-29(26-45)23-41(34)48-43(35)36;1-17(2,3)13-8-9-14(16-10-13)11-4-6-12(15)7-5-11;/h5-13,15-25,27-28H,1-4H3;4,6-10H,1-3H3;/q2*-1;. The Hall–Kier alpha value is -5.76. The van der Waals surface area contributed by atoms with Crippen LogP contribution in [-0.2, 0) is 20.1 Å². The fourth-order valence-corrected chi connectivity index (χ4v) is 13.0. The monoisotopic (exact) mass is 1170 g/mol. The van der Waals surface area contributed by atoms with Crippen molar-refractivity contribution in [3.8, 4) is 56.7 Å². The molecule has 3 aromatic heterocycles. The van der Waals surface area contributed by atoms with Crippen LogP contribution in [0.1, 0.15) is 56.2 Å². The summed E-state index contributed by atoms with van der Waals surface area (Å²) < 4.78 is 17.9. The van der Waals surface area contributed by atoms with Crippen LogP contribution in [0.4, 0.5) is 4.39 Å². The second-order valence-corrected chi connectivity index (χ2v) is 26.2. The fraction of sp³-hybridized carbons (Fsp3) is 0.155. The minimum Gasteiger partial charge on any atom is -0.305 e. The molecule has 7 aromatic carbocycles. The molecule has 10 aromatic rings. The zero-order valence-electron chi connectivity index (χ0n) is 38.1. The third-order valence-electron chi connectivity index (χ3n) is 12.0. The quantitative estimate of drug-likeness (QED) is 0.113. The van der Waals surface area contributed by atoms with Gasteiger partial charge in [-0.1, -0.05) is 62.1 Å². The Bertz CT molecular complexity index is 3330. The average molecular weight is 1170 g/mol. The summed E-state index contributed by atoms with van der Waals surface area (Å²) in [6.45, 7) is 16.0. The number of halogens is 1. The van der Waals surface area contributed by atoms with Gasteiger partial charge in [-0.3, -0.25) is 4.39 Å². The zero-order valence-corrected chi connectivity index (χ0v) is 43.8. The summed E-state index contributed by atoms with van der Waals surface area (Å²) in [5.41, 5.74) is 14.3. The molecular formula is C58H49FIrN4SiTe-2. The number of pyridine rings is 1. The summed E-state index contributed by atoms with van der Waals surface area (Å²) in [5.74, 6) is 1.23. The molecule has 0 amide bonds. The molecule has 329 valence electrons. The SMILES string of the molecule is CC(C)c1cc(-c2ccc(-c3ccccc3)cc2)cc(C(C)C)c1-n1c(-c2[c-]ccc3c2[te]c2cc(C#N)ccc23)nc2ccccc21.C[Si](C)(C)c1ccc(-c2[c-]cc(F)cc2)nc1.[Ir]. The molecule has 3 heterocycles. The van der Waals surface area contributed by atoms with Gasteiger partial charge >= 0.3 is 257 Å². The molecule has 0 atom stereocenters. The molecule has 0 saturated carbocycles. The second-order valence-electron chi connectivity index (χ2n) is 18.1. The first-order chi connectivity index (χ1) is 31.4. The molecule has 66 heavy (non-hydrogen) atoms. The first-order valence-electron chi connectivity index (χ1n) is 22.1. The van der Waals surface area contributed by atoms with E-state index in [4.69, 9.17) is 4.98 Å². The van der Waals surface area contributed by atoms with Crippen LogP contribution in [0.5, 0.6) is 0 Å². The van der Waals surface area contributed by atoms with Gasteiger partial charge in [0.2, 0.25) is 0 Å². The number of nitrogens with zero attached hydrogens (tertiary/aromatic N) is 4. The van der Waals surface area contributed by atoms with Crippen molar-refractivity contribution in [1.29, 1.82) is 5.26 Å². The molecule has 0 fully saturated rings. The summed E-state index contributed by atoms with van der Waals surface area (Å²) in [7, 11) is -1.30. The van der Waals surface area contributed by atoms with Crippen molar-refractivity contribution in [2.24, 2.45) is 0 Å². The topological polar surface area (TPSA) is 54.5 Å². The molecule has 8 heteroatoms. The molecule has 10 rings (SSSR count). The predicted molar refractivity (Wildman–Crippen MR) is 273 cm³/mol. The van der Waals surface area contributed by atoms with E-state index < -0.39 is 28.5 Å². The molecular weight excluding hydrogens is 1120 g/mol. The molecule has 0 aliphatic rings. The van der Waals surface area contributed by atoms with E-state index in [-0.39, 0.29) is 37.8 Å². The van der Waals surface area contributed by atoms with Gasteiger partial charge in [0, 0.05) is 32.1 Å². The van der Waals surface area contributed by atoms with Gasteiger partial charge in [-0.2, -0.15) is 0 Å². The number of hydrogen-bond acceptors (Lipinski definition) is 3. The Morgan fingerprint density at radius 2 is 1.36 bits per heavy atom. The molecule has 0 bridgehead atoms. The van der Waals surface area contributed by atoms with Crippen molar-refractivity contribution in [1.82, 2.24) is 14.5 Å². The van der Waals surface area contributed by atoms with Crippen molar-refractivity contribution in [3.63, 3.8) is 0 Å². The maximum absolute atomic E-state index is 12.8. The van der Waals surface area contributed by atoms with E-state index in [1.54, 1.807) is 6.07 Å². The van der Waals surface area contributed by atoms with E-state index in [2.05, 4.69) is 190 Å². The van der Waals surface area contributed by atoms with E-state index in [1.807, 2.05) is 24.4 Å². The number of imidazole rings is 1. The maximum Gasteiger partial charge on any atom is 0.0795 e. The summed E-state index contributed by atoms with van der Waals surface area (Å²) in [5, 5.41) is 13.4. The van der Waals surface area contributed by atoms with Gasteiger partial charge in [0.25, 0.3) is 0 Å². The number of hydrogen-bond donors (Lipinski definition) is 0. The molecule has 0 aliphatic carbocycles. The summed E-state index contributed by atoms with van der Waals surface area (Å²) >= 11 is -0.744. The Labute approximate surface area is 411 Å². The van der Waals surface area contributed by atoms with Crippen molar-refractivity contribution in [2.75, 3.05) is 0 Å². The van der Waals surface area contributed by atoms with Crippen LogP contribution in [0.3, 0.4) is 0 Å². The molecule has 0 saturated heterocycles. The van der Waals surface area contributed by atoms with E-state index in [1.165, 1.54) is 74.0 Å². The largest absolute Gasteiger partial charge is 0.305 e. The summed E-state index contributed by atoms with van der Waals surface area (Å²) in [6.07, 6.45) is 1.93. The summed E-state index contributed by atoms with van der Waals surface area (Å²) in [4.78, 5) is 9.78. The van der Waals surface area contributed by atoms with Gasteiger partial charge in [0.15, 0.2) is 0 Å². The van der Waals surface area contributed by atoms with Gasteiger partial charge in [-0.15, -0.1) is 29.8 Å². The Morgan fingerprint density at radius 3 is 1.98 bits per heavy atom. The number of para-hydroxylation sites is 2. The number of nitriles is 1. The first-order valence-corrected chi connectivity index (χ1v) is 27.9. The van der Waals surface area contributed by atoms with E-state index in [9.17, 15) is 9.65 Å². The molecule has 0 spiro atoms. The third-order valence-corrected chi connectivity index (χ3v) is 17.4.